The second-order valence-corrected chi connectivity index (χ2v) is 2.90. The fraction of sp³-hybridized carbons (Fsp3) is 0. The van der Waals surface area contributed by atoms with Crippen LogP contribution >= 0.6 is 25.3 Å². The Morgan fingerprint density at radius 3 is 2.07 bits per heavy atom. The first-order valence-corrected chi connectivity index (χ1v) is 5.16. The first-order chi connectivity index (χ1) is 6.85. The summed E-state index contributed by atoms with van der Waals surface area (Å²) in [6, 6.07) is 0. The van der Waals surface area contributed by atoms with Crippen LogP contribution in [0.2, 0.25) is 0 Å². The molecule has 14 heavy (non-hydrogen) atoms. The summed E-state index contributed by atoms with van der Waals surface area (Å²) in [7, 11) is 0. The van der Waals surface area contributed by atoms with E-state index in [1.54, 1.807) is 16.9 Å². The van der Waals surface area contributed by atoms with Crippen molar-refractivity contribution in [3.05, 3.63) is 71.6 Å². The molecule has 0 bridgehead atoms. The van der Waals surface area contributed by atoms with E-state index in [9.17, 15) is 0 Å². The highest BCUT2D eigenvalue weighted by Crippen LogP contribution is 2.01. The number of hydrogen-bond acceptors (Lipinski definition) is 2. The zero-order chi connectivity index (χ0) is 10.6. The molecule has 0 radical (unpaired) electrons. The van der Waals surface area contributed by atoms with Crippen molar-refractivity contribution in [2.75, 3.05) is 0 Å². The molecule has 0 N–H and O–H groups in total. The van der Waals surface area contributed by atoms with Gasteiger partial charge in [0, 0.05) is 0 Å². The largest absolute Gasteiger partial charge is 0.151 e. The van der Waals surface area contributed by atoms with Crippen molar-refractivity contribution in [1.29, 1.82) is 0 Å². The van der Waals surface area contributed by atoms with E-state index in [1.807, 2.05) is 42.5 Å². The Bertz CT molecular complexity index is 291. The minimum atomic E-state index is 1.07. The van der Waals surface area contributed by atoms with Crippen LogP contribution in [0.5, 0.6) is 0 Å². The maximum atomic E-state index is 3.98. The summed E-state index contributed by atoms with van der Waals surface area (Å²) >= 11 is 7.93. The topological polar surface area (TPSA) is 0 Å². The van der Waals surface area contributed by atoms with Crippen LogP contribution in [0.4, 0.5) is 0 Å². The highest BCUT2D eigenvalue weighted by atomic mass is 32.1. The molecule has 0 saturated heterocycles. The van der Waals surface area contributed by atoms with Crippen molar-refractivity contribution in [2.45, 2.75) is 0 Å². The number of thiol groups is 2. The monoisotopic (exact) mass is 222 g/mol. The van der Waals surface area contributed by atoms with Gasteiger partial charge in [-0.3, -0.25) is 0 Å². The van der Waals surface area contributed by atoms with Gasteiger partial charge in [-0.1, -0.05) is 55.2 Å². The van der Waals surface area contributed by atoms with Gasteiger partial charge in [0.05, 0.1) is 0 Å². The molecule has 0 aromatic heterocycles. The smallest absolute Gasteiger partial charge is 0.0256 e. The summed E-state index contributed by atoms with van der Waals surface area (Å²) in [6.45, 7) is 3.61. The average molecular weight is 222 g/mol. The van der Waals surface area contributed by atoms with Gasteiger partial charge in [-0.25, -0.2) is 0 Å². The van der Waals surface area contributed by atoms with E-state index in [2.05, 4.69) is 31.8 Å². The lowest BCUT2D eigenvalue weighted by atomic mass is 10.2. The van der Waals surface area contributed by atoms with Crippen molar-refractivity contribution in [1.82, 2.24) is 0 Å². The molecule has 0 nitrogen and oxygen atoms in total. The van der Waals surface area contributed by atoms with Crippen LogP contribution in [0, 0.1) is 0 Å². The molecule has 0 amide bonds. The zero-order valence-electron chi connectivity index (χ0n) is 7.88. The van der Waals surface area contributed by atoms with E-state index in [1.165, 1.54) is 0 Å². The van der Waals surface area contributed by atoms with Crippen molar-refractivity contribution in [3.63, 3.8) is 0 Å². The lowest BCUT2D eigenvalue weighted by Crippen LogP contribution is -1.68. The molecular weight excluding hydrogens is 208 g/mol. The van der Waals surface area contributed by atoms with Gasteiger partial charge in [0.15, 0.2) is 0 Å². The minimum Gasteiger partial charge on any atom is -0.151 e. The van der Waals surface area contributed by atoms with Gasteiger partial charge in [0.2, 0.25) is 0 Å². The molecule has 0 saturated carbocycles. The van der Waals surface area contributed by atoms with E-state index >= 15 is 0 Å². The third-order valence-corrected chi connectivity index (χ3v) is 1.63. The molecule has 0 heterocycles. The van der Waals surface area contributed by atoms with Crippen molar-refractivity contribution in [3.8, 4) is 0 Å². The molecule has 2 heteroatoms. The van der Waals surface area contributed by atoms with E-state index in [4.69, 9.17) is 0 Å². The van der Waals surface area contributed by atoms with Gasteiger partial charge >= 0.3 is 0 Å². The SMILES string of the molecule is C=C/C=C/C(C=C/C=C\S)=C/C=C\S. The van der Waals surface area contributed by atoms with Crippen LogP contribution in [0.1, 0.15) is 0 Å². The third kappa shape index (κ3) is 7.77. The molecule has 0 atom stereocenters. The standard InChI is InChI=1S/C12H14S2/c1-2-3-7-12(9-6-11-14)8-4-5-10-13/h2-11,13-14H,1H2/b7-3+,8-4?,10-5-,11-6-,12-9-. The molecule has 0 fully saturated rings. The van der Waals surface area contributed by atoms with Crippen LogP contribution in [0.25, 0.3) is 0 Å². The first-order valence-electron chi connectivity index (χ1n) is 4.12. The Kier molecular flexibility index (Phi) is 9.59. The molecule has 0 unspecified atom stereocenters. The van der Waals surface area contributed by atoms with Crippen molar-refractivity contribution >= 4 is 25.3 Å². The van der Waals surface area contributed by atoms with Crippen LogP contribution < -0.4 is 0 Å². The minimum absolute atomic E-state index is 1.07. The van der Waals surface area contributed by atoms with Gasteiger partial charge in [-0.15, -0.1) is 0 Å². The molecular formula is C12H14S2. The predicted octanol–water partition coefficient (Wildman–Crippen LogP) is 4.10. The van der Waals surface area contributed by atoms with Crippen LogP contribution in [-0.2, 0) is 0 Å². The van der Waals surface area contributed by atoms with Crippen LogP contribution in [0.3, 0.4) is 0 Å². The zero-order valence-corrected chi connectivity index (χ0v) is 9.66. The number of rotatable bonds is 5. The summed E-state index contributed by atoms with van der Waals surface area (Å²) in [5.41, 5.74) is 1.07. The second-order valence-electron chi connectivity index (χ2n) is 2.30. The Balaban J connectivity index is 4.54. The van der Waals surface area contributed by atoms with Gasteiger partial charge in [0.25, 0.3) is 0 Å². The number of allylic oxidation sites excluding steroid dienone is 9. The van der Waals surface area contributed by atoms with Crippen LogP contribution in [-0.4, -0.2) is 0 Å². The highest BCUT2D eigenvalue weighted by Gasteiger charge is 1.80. The maximum absolute atomic E-state index is 3.98. The quantitative estimate of drug-likeness (QED) is 0.508. The van der Waals surface area contributed by atoms with E-state index < -0.39 is 0 Å². The summed E-state index contributed by atoms with van der Waals surface area (Å²) in [4.78, 5) is 0. The van der Waals surface area contributed by atoms with Gasteiger partial charge in [0.1, 0.15) is 0 Å². The lowest BCUT2D eigenvalue weighted by Gasteiger charge is -1.89. The molecule has 0 aliphatic carbocycles. The van der Waals surface area contributed by atoms with Crippen molar-refractivity contribution < 1.29 is 0 Å². The Hall–Kier alpha value is -0.860. The van der Waals surface area contributed by atoms with Gasteiger partial charge in [-0.05, 0) is 16.4 Å². The molecule has 0 aromatic rings. The summed E-state index contributed by atoms with van der Waals surface area (Å²) in [6.07, 6.45) is 15.1. The predicted molar refractivity (Wildman–Crippen MR) is 72.8 cm³/mol. The Morgan fingerprint density at radius 2 is 1.50 bits per heavy atom. The molecule has 0 aromatic carbocycles. The van der Waals surface area contributed by atoms with Crippen molar-refractivity contribution in [2.24, 2.45) is 0 Å². The highest BCUT2D eigenvalue weighted by molar-refractivity contribution is 7.83. The van der Waals surface area contributed by atoms with Gasteiger partial charge < -0.3 is 0 Å². The fourth-order valence-corrected chi connectivity index (χ4v) is 0.902. The molecule has 0 spiro atoms. The fourth-order valence-electron chi connectivity index (χ4n) is 0.716. The summed E-state index contributed by atoms with van der Waals surface area (Å²) in [5.74, 6) is 0. The van der Waals surface area contributed by atoms with Crippen LogP contribution in [0.15, 0.2) is 71.6 Å². The molecule has 0 rings (SSSR count). The lowest BCUT2D eigenvalue weighted by molar-refractivity contribution is 1.68. The first kappa shape index (κ1) is 13.1. The van der Waals surface area contributed by atoms with E-state index in [0.717, 1.165) is 5.57 Å². The second kappa shape index (κ2) is 10.2. The summed E-state index contributed by atoms with van der Waals surface area (Å²) in [5, 5.41) is 3.36. The molecule has 74 valence electrons. The number of hydrogen-bond donors (Lipinski definition) is 2. The normalized spacial score (nSPS) is 14.0. The maximum Gasteiger partial charge on any atom is -0.0256 e. The molecule has 0 aliphatic rings. The Morgan fingerprint density at radius 1 is 0.857 bits per heavy atom. The average Bonchev–Trinajstić information content (AvgIpc) is 2.21. The van der Waals surface area contributed by atoms with E-state index in [-0.39, 0.29) is 0 Å². The third-order valence-electron chi connectivity index (χ3n) is 1.29. The molecule has 0 aliphatic heterocycles. The van der Waals surface area contributed by atoms with Gasteiger partial charge in [-0.2, -0.15) is 25.3 Å². The van der Waals surface area contributed by atoms with E-state index in [0.29, 0.717) is 0 Å². The Labute approximate surface area is 96.9 Å². The summed E-state index contributed by atoms with van der Waals surface area (Å²) < 4.78 is 0.